The number of nitro groups is 1. The van der Waals surface area contributed by atoms with Crippen molar-refractivity contribution in [1.29, 1.82) is 0 Å². The molecule has 1 aromatic rings. The van der Waals surface area contributed by atoms with Crippen LogP contribution in [0.2, 0.25) is 0 Å². The van der Waals surface area contributed by atoms with Gasteiger partial charge in [-0.3, -0.25) is 10.1 Å². The Balaban J connectivity index is 2.24. The number of anilines is 1. The second kappa shape index (κ2) is 5.76. The first kappa shape index (κ1) is 14.7. The van der Waals surface area contributed by atoms with Crippen LogP contribution in [0.4, 0.5) is 11.4 Å². The SMILES string of the molecule is CN(CC1(O)CCCC1)c1ccc(CO)cc1[N+](=O)[O-]. The topological polar surface area (TPSA) is 86.8 Å². The molecule has 0 aromatic heterocycles. The summed E-state index contributed by atoms with van der Waals surface area (Å²) in [6.45, 7) is 0.154. The van der Waals surface area contributed by atoms with Crippen molar-refractivity contribution >= 4 is 11.4 Å². The van der Waals surface area contributed by atoms with E-state index in [2.05, 4.69) is 0 Å². The van der Waals surface area contributed by atoms with Crippen LogP contribution in [0.3, 0.4) is 0 Å². The molecular formula is C14H20N2O4. The number of nitro benzene ring substituents is 1. The Morgan fingerprint density at radius 2 is 2.05 bits per heavy atom. The van der Waals surface area contributed by atoms with Crippen LogP contribution < -0.4 is 4.90 Å². The number of aliphatic hydroxyl groups excluding tert-OH is 1. The fraction of sp³-hybridized carbons (Fsp3) is 0.571. The third-order valence-corrected chi connectivity index (χ3v) is 3.90. The molecule has 1 fully saturated rings. The third-order valence-electron chi connectivity index (χ3n) is 3.90. The summed E-state index contributed by atoms with van der Waals surface area (Å²) in [5.41, 5.74) is 0.180. The Bertz CT molecular complexity index is 498. The predicted octanol–water partition coefficient (Wildman–Crippen LogP) is 1.83. The van der Waals surface area contributed by atoms with E-state index in [1.54, 1.807) is 24.1 Å². The maximum Gasteiger partial charge on any atom is 0.292 e. The molecule has 6 nitrogen and oxygen atoms in total. The Kier molecular flexibility index (Phi) is 4.25. The van der Waals surface area contributed by atoms with E-state index in [-0.39, 0.29) is 12.3 Å². The molecule has 0 saturated heterocycles. The molecule has 0 aliphatic heterocycles. The molecule has 0 radical (unpaired) electrons. The Hall–Kier alpha value is -1.66. The summed E-state index contributed by atoms with van der Waals surface area (Å²) in [4.78, 5) is 12.4. The average Bonchev–Trinajstić information content (AvgIpc) is 2.84. The van der Waals surface area contributed by atoms with E-state index in [1.807, 2.05) is 0 Å². The highest BCUT2D eigenvalue weighted by Gasteiger charge is 2.33. The lowest BCUT2D eigenvalue weighted by Crippen LogP contribution is -2.39. The summed E-state index contributed by atoms with van der Waals surface area (Å²) in [7, 11) is 1.75. The quantitative estimate of drug-likeness (QED) is 0.634. The molecule has 110 valence electrons. The highest BCUT2D eigenvalue weighted by Crippen LogP contribution is 2.34. The molecule has 0 unspecified atom stereocenters. The molecule has 1 aromatic carbocycles. The van der Waals surface area contributed by atoms with Gasteiger partial charge in [0.2, 0.25) is 0 Å². The molecule has 0 bridgehead atoms. The summed E-state index contributed by atoms with van der Waals surface area (Å²) >= 11 is 0. The molecule has 0 heterocycles. The second-order valence-electron chi connectivity index (χ2n) is 5.53. The highest BCUT2D eigenvalue weighted by molar-refractivity contribution is 5.64. The van der Waals surface area contributed by atoms with E-state index in [0.29, 0.717) is 17.8 Å². The van der Waals surface area contributed by atoms with E-state index < -0.39 is 10.5 Å². The molecule has 6 heteroatoms. The van der Waals surface area contributed by atoms with Gasteiger partial charge in [0.1, 0.15) is 5.69 Å². The van der Waals surface area contributed by atoms with Crippen molar-refractivity contribution < 1.29 is 15.1 Å². The molecule has 1 saturated carbocycles. The van der Waals surface area contributed by atoms with Gasteiger partial charge in [0, 0.05) is 19.7 Å². The summed E-state index contributed by atoms with van der Waals surface area (Å²) in [5.74, 6) is 0. The zero-order chi connectivity index (χ0) is 14.8. The molecule has 0 spiro atoms. The average molecular weight is 280 g/mol. The predicted molar refractivity (Wildman–Crippen MR) is 75.7 cm³/mol. The van der Waals surface area contributed by atoms with Crippen LogP contribution in [0, 0.1) is 10.1 Å². The van der Waals surface area contributed by atoms with Gasteiger partial charge in [0.25, 0.3) is 5.69 Å². The lowest BCUT2D eigenvalue weighted by Gasteiger charge is -2.29. The van der Waals surface area contributed by atoms with Gasteiger partial charge in [0.15, 0.2) is 0 Å². The molecule has 2 rings (SSSR count). The lowest BCUT2D eigenvalue weighted by molar-refractivity contribution is -0.384. The maximum absolute atomic E-state index is 11.1. The smallest absolute Gasteiger partial charge is 0.292 e. The minimum Gasteiger partial charge on any atom is -0.392 e. The van der Waals surface area contributed by atoms with Crippen LogP contribution in [0.1, 0.15) is 31.2 Å². The van der Waals surface area contributed by atoms with Gasteiger partial charge in [-0.05, 0) is 24.5 Å². The number of hydrogen-bond donors (Lipinski definition) is 2. The van der Waals surface area contributed by atoms with Gasteiger partial charge in [-0.2, -0.15) is 0 Å². The minimum atomic E-state index is -0.752. The van der Waals surface area contributed by atoms with Crippen LogP contribution >= 0.6 is 0 Å². The molecular weight excluding hydrogens is 260 g/mol. The molecule has 1 aliphatic rings. The fourth-order valence-electron chi connectivity index (χ4n) is 2.85. The summed E-state index contributed by atoms with van der Waals surface area (Å²) in [6, 6.07) is 4.67. The van der Waals surface area contributed by atoms with Gasteiger partial charge < -0.3 is 15.1 Å². The highest BCUT2D eigenvalue weighted by atomic mass is 16.6. The van der Waals surface area contributed by atoms with Crippen molar-refractivity contribution in [2.24, 2.45) is 0 Å². The summed E-state index contributed by atoms with van der Waals surface area (Å²) < 4.78 is 0. The first-order valence-electron chi connectivity index (χ1n) is 6.77. The van der Waals surface area contributed by atoms with E-state index >= 15 is 0 Å². The van der Waals surface area contributed by atoms with Crippen molar-refractivity contribution in [3.05, 3.63) is 33.9 Å². The zero-order valence-corrected chi connectivity index (χ0v) is 11.6. The molecule has 0 atom stereocenters. The summed E-state index contributed by atoms with van der Waals surface area (Å²) in [6.07, 6.45) is 3.46. The van der Waals surface area contributed by atoms with Crippen molar-refractivity contribution in [3.63, 3.8) is 0 Å². The monoisotopic (exact) mass is 280 g/mol. The normalized spacial score (nSPS) is 17.1. The fourth-order valence-corrected chi connectivity index (χ4v) is 2.85. The first-order valence-corrected chi connectivity index (χ1v) is 6.77. The minimum absolute atomic E-state index is 0.0411. The van der Waals surface area contributed by atoms with Gasteiger partial charge in [-0.25, -0.2) is 0 Å². The van der Waals surface area contributed by atoms with E-state index in [4.69, 9.17) is 5.11 Å². The first-order chi connectivity index (χ1) is 9.45. The Morgan fingerprint density at radius 3 is 2.60 bits per heavy atom. The van der Waals surface area contributed by atoms with Crippen LogP contribution in [-0.4, -0.2) is 34.3 Å². The number of hydrogen-bond acceptors (Lipinski definition) is 5. The van der Waals surface area contributed by atoms with Crippen molar-refractivity contribution in [2.75, 3.05) is 18.5 Å². The third kappa shape index (κ3) is 3.08. The maximum atomic E-state index is 11.1. The lowest BCUT2D eigenvalue weighted by atomic mass is 10.0. The van der Waals surface area contributed by atoms with Crippen molar-refractivity contribution in [3.8, 4) is 0 Å². The number of aliphatic hydroxyl groups is 2. The van der Waals surface area contributed by atoms with Crippen LogP contribution in [0.5, 0.6) is 0 Å². The number of likely N-dealkylation sites (N-methyl/N-ethyl adjacent to an activating group) is 1. The molecule has 0 amide bonds. The molecule has 2 N–H and O–H groups in total. The standard InChI is InChI=1S/C14H20N2O4/c1-15(10-14(18)6-2-3-7-14)12-5-4-11(9-17)8-13(12)16(19)20/h4-5,8,17-18H,2-3,6-7,9-10H2,1H3. The van der Waals surface area contributed by atoms with Crippen molar-refractivity contribution in [1.82, 2.24) is 0 Å². The van der Waals surface area contributed by atoms with Gasteiger partial charge in [-0.15, -0.1) is 0 Å². The van der Waals surface area contributed by atoms with Crippen LogP contribution in [0.15, 0.2) is 18.2 Å². The van der Waals surface area contributed by atoms with Gasteiger partial charge in [0.05, 0.1) is 17.1 Å². The zero-order valence-electron chi connectivity index (χ0n) is 11.6. The second-order valence-corrected chi connectivity index (χ2v) is 5.53. The Morgan fingerprint density at radius 1 is 1.40 bits per heavy atom. The van der Waals surface area contributed by atoms with E-state index in [1.165, 1.54) is 6.07 Å². The van der Waals surface area contributed by atoms with Crippen LogP contribution in [-0.2, 0) is 6.61 Å². The van der Waals surface area contributed by atoms with Gasteiger partial charge >= 0.3 is 0 Å². The molecule has 1 aliphatic carbocycles. The Labute approximate surface area is 117 Å². The number of rotatable bonds is 5. The van der Waals surface area contributed by atoms with E-state index in [0.717, 1.165) is 25.7 Å². The van der Waals surface area contributed by atoms with Gasteiger partial charge in [-0.1, -0.05) is 18.9 Å². The number of benzene rings is 1. The van der Waals surface area contributed by atoms with Crippen molar-refractivity contribution in [2.45, 2.75) is 37.9 Å². The van der Waals surface area contributed by atoms with E-state index in [9.17, 15) is 15.2 Å². The number of nitrogens with zero attached hydrogens (tertiary/aromatic N) is 2. The summed E-state index contributed by atoms with van der Waals surface area (Å²) in [5, 5.41) is 30.6. The molecule has 20 heavy (non-hydrogen) atoms. The largest absolute Gasteiger partial charge is 0.392 e. The van der Waals surface area contributed by atoms with Crippen LogP contribution in [0.25, 0.3) is 0 Å².